The molecule has 0 saturated heterocycles. The molecule has 0 aliphatic heterocycles. The van der Waals surface area contributed by atoms with Gasteiger partial charge in [-0.3, -0.25) is 9.48 Å². The highest BCUT2D eigenvalue weighted by Crippen LogP contribution is 2.16. The van der Waals surface area contributed by atoms with E-state index in [4.69, 9.17) is 11.6 Å². The molecule has 1 amide bonds. The van der Waals surface area contributed by atoms with Crippen LogP contribution in [0.3, 0.4) is 0 Å². The number of carbonyl (C=O) groups excluding carboxylic acids is 1. The van der Waals surface area contributed by atoms with Gasteiger partial charge >= 0.3 is 0 Å². The van der Waals surface area contributed by atoms with E-state index in [2.05, 4.69) is 10.4 Å². The van der Waals surface area contributed by atoms with Crippen molar-refractivity contribution in [2.75, 3.05) is 5.88 Å². The van der Waals surface area contributed by atoms with Crippen LogP contribution in [0.25, 0.3) is 0 Å². The standard InChI is InChI=1S/C13H22ClN3O/c1-5-10-9-11(17(4)16-10)12(18)15-13(3,6-2)7-8-14/h9H,5-8H2,1-4H3,(H,15,18). The van der Waals surface area contributed by atoms with E-state index in [9.17, 15) is 4.79 Å². The van der Waals surface area contributed by atoms with Gasteiger partial charge in [-0.25, -0.2) is 0 Å². The first kappa shape index (κ1) is 15.0. The molecular formula is C13H22ClN3O. The van der Waals surface area contributed by atoms with Crippen LogP contribution >= 0.6 is 11.6 Å². The fourth-order valence-electron chi connectivity index (χ4n) is 1.79. The predicted octanol–water partition coefficient (Wildman–Crippen LogP) is 2.51. The van der Waals surface area contributed by atoms with Crippen LogP contribution in [-0.2, 0) is 13.5 Å². The summed E-state index contributed by atoms with van der Waals surface area (Å²) in [6, 6.07) is 1.84. The van der Waals surface area contributed by atoms with Crippen LogP contribution in [0.15, 0.2) is 6.07 Å². The highest BCUT2D eigenvalue weighted by Gasteiger charge is 2.25. The van der Waals surface area contributed by atoms with Crippen molar-refractivity contribution in [3.8, 4) is 0 Å². The zero-order chi connectivity index (χ0) is 13.8. The minimum absolute atomic E-state index is 0.0841. The fourth-order valence-corrected chi connectivity index (χ4v) is 2.20. The van der Waals surface area contributed by atoms with E-state index >= 15 is 0 Å². The SMILES string of the molecule is CCc1cc(C(=O)NC(C)(CC)CCCl)n(C)n1. The molecule has 0 saturated carbocycles. The van der Waals surface area contributed by atoms with Crippen molar-refractivity contribution in [3.05, 3.63) is 17.5 Å². The molecule has 0 spiro atoms. The van der Waals surface area contributed by atoms with E-state index in [1.165, 1.54) is 0 Å². The molecular weight excluding hydrogens is 250 g/mol. The Balaban J connectivity index is 2.83. The lowest BCUT2D eigenvalue weighted by molar-refractivity contribution is 0.0892. The first-order valence-electron chi connectivity index (χ1n) is 6.37. The Hall–Kier alpha value is -1.03. The van der Waals surface area contributed by atoms with Crippen LogP contribution in [0.5, 0.6) is 0 Å². The van der Waals surface area contributed by atoms with Crippen molar-refractivity contribution in [1.29, 1.82) is 0 Å². The Morgan fingerprint density at radius 3 is 2.67 bits per heavy atom. The van der Waals surface area contributed by atoms with Crippen LogP contribution in [0.4, 0.5) is 0 Å². The second kappa shape index (κ2) is 6.23. The number of hydrogen-bond acceptors (Lipinski definition) is 2. The maximum atomic E-state index is 12.2. The number of nitrogens with one attached hydrogen (secondary N) is 1. The second-order valence-corrected chi connectivity index (χ2v) is 5.18. The third kappa shape index (κ3) is 3.48. The summed E-state index contributed by atoms with van der Waals surface area (Å²) in [7, 11) is 1.79. The predicted molar refractivity (Wildman–Crippen MR) is 74.1 cm³/mol. The Bertz CT molecular complexity index is 416. The molecule has 0 bridgehead atoms. The van der Waals surface area contributed by atoms with E-state index < -0.39 is 0 Å². The maximum Gasteiger partial charge on any atom is 0.269 e. The largest absolute Gasteiger partial charge is 0.346 e. The monoisotopic (exact) mass is 271 g/mol. The van der Waals surface area contributed by atoms with Gasteiger partial charge in [-0.15, -0.1) is 11.6 Å². The van der Waals surface area contributed by atoms with Gasteiger partial charge in [0.25, 0.3) is 5.91 Å². The van der Waals surface area contributed by atoms with Crippen LogP contribution in [0.2, 0.25) is 0 Å². The van der Waals surface area contributed by atoms with Crippen molar-refractivity contribution in [2.24, 2.45) is 7.05 Å². The normalized spacial score (nSPS) is 14.3. The van der Waals surface area contributed by atoms with Crippen LogP contribution in [0.1, 0.15) is 49.8 Å². The van der Waals surface area contributed by atoms with Gasteiger partial charge in [-0.2, -0.15) is 5.10 Å². The third-order valence-corrected chi connectivity index (χ3v) is 3.56. The molecule has 1 aromatic heterocycles. The summed E-state index contributed by atoms with van der Waals surface area (Å²) >= 11 is 5.78. The van der Waals surface area contributed by atoms with E-state index in [0.29, 0.717) is 11.6 Å². The molecule has 0 radical (unpaired) electrons. The minimum Gasteiger partial charge on any atom is -0.346 e. The summed E-state index contributed by atoms with van der Waals surface area (Å²) in [5.41, 5.74) is 1.27. The van der Waals surface area contributed by atoms with Crippen LogP contribution < -0.4 is 5.32 Å². The highest BCUT2D eigenvalue weighted by molar-refractivity contribution is 6.17. The molecule has 0 aliphatic rings. The molecule has 0 aromatic carbocycles. The van der Waals surface area contributed by atoms with Gasteiger partial charge < -0.3 is 5.32 Å². The number of nitrogens with zero attached hydrogens (tertiary/aromatic N) is 2. The zero-order valence-electron chi connectivity index (χ0n) is 11.6. The second-order valence-electron chi connectivity index (χ2n) is 4.81. The molecule has 0 fully saturated rings. The summed E-state index contributed by atoms with van der Waals surface area (Å²) in [4.78, 5) is 12.2. The molecule has 102 valence electrons. The zero-order valence-corrected chi connectivity index (χ0v) is 12.3. The lowest BCUT2D eigenvalue weighted by atomic mass is 9.95. The lowest BCUT2D eigenvalue weighted by Gasteiger charge is -2.28. The number of rotatable bonds is 6. The lowest BCUT2D eigenvalue weighted by Crippen LogP contribution is -2.46. The molecule has 0 aliphatic carbocycles. The van der Waals surface area contributed by atoms with Crippen molar-refractivity contribution in [1.82, 2.24) is 15.1 Å². The third-order valence-electron chi connectivity index (χ3n) is 3.37. The summed E-state index contributed by atoms with van der Waals surface area (Å²) < 4.78 is 1.63. The van der Waals surface area contributed by atoms with Gasteiger partial charge in [-0.05, 0) is 32.3 Å². The van der Waals surface area contributed by atoms with Crippen molar-refractivity contribution in [3.63, 3.8) is 0 Å². The van der Waals surface area contributed by atoms with E-state index in [0.717, 1.165) is 25.0 Å². The number of hydrogen-bond donors (Lipinski definition) is 1. The Kier molecular flexibility index (Phi) is 5.20. The smallest absolute Gasteiger partial charge is 0.269 e. The van der Waals surface area contributed by atoms with Gasteiger partial charge in [0.15, 0.2) is 0 Å². The first-order valence-corrected chi connectivity index (χ1v) is 6.90. The maximum absolute atomic E-state index is 12.2. The number of aryl methyl sites for hydroxylation is 2. The minimum atomic E-state index is -0.254. The Morgan fingerprint density at radius 1 is 1.56 bits per heavy atom. The number of carbonyl (C=O) groups is 1. The summed E-state index contributed by atoms with van der Waals surface area (Å²) in [5, 5.41) is 7.34. The fraction of sp³-hybridized carbons (Fsp3) is 0.692. The molecule has 1 aromatic rings. The molecule has 1 atom stereocenters. The molecule has 1 N–H and O–H groups in total. The molecule has 1 heterocycles. The van der Waals surface area contributed by atoms with Gasteiger partial charge in [0, 0.05) is 18.5 Å². The number of alkyl halides is 1. The molecule has 5 heteroatoms. The number of halogens is 1. The first-order chi connectivity index (χ1) is 8.45. The topological polar surface area (TPSA) is 46.9 Å². The number of amides is 1. The van der Waals surface area contributed by atoms with E-state index in [1.807, 2.05) is 26.8 Å². The summed E-state index contributed by atoms with van der Waals surface area (Å²) in [6.45, 7) is 6.09. The van der Waals surface area contributed by atoms with Gasteiger partial charge in [0.1, 0.15) is 5.69 Å². The van der Waals surface area contributed by atoms with E-state index in [1.54, 1.807) is 11.7 Å². The van der Waals surface area contributed by atoms with Gasteiger partial charge in [0.2, 0.25) is 0 Å². The number of aromatic nitrogens is 2. The van der Waals surface area contributed by atoms with Crippen molar-refractivity contribution >= 4 is 17.5 Å². The molecule has 1 rings (SSSR count). The molecule has 1 unspecified atom stereocenters. The van der Waals surface area contributed by atoms with Crippen LogP contribution in [0, 0.1) is 0 Å². The average molecular weight is 272 g/mol. The Labute approximate surface area is 114 Å². The van der Waals surface area contributed by atoms with Crippen molar-refractivity contribution in [2.45, 2.75) is 45.6 Å². The van der Waals surface area contributed by atoms with Gasteiger partial charge in [-0.1, -0.05) is 13.8 Å². The van der Waals surface area contributed by atoms with Crippen LogP contribution in [-0.4, -0.2) is 27.1 Å². The Morgan fingerprint density at radius 2 is 2.22 bits per heavy atom. The average Bonchev–Trinajstić information content (AvgIpc) is 2.71. The summed E-state index contributed by atoms with van der Waals surface area (Å²) in [5.74, 6) is 0.454. The molecule has 18 heavy (non-hydrogen) atoms. The van der Waals surface area contributed by atoms with Crippen molar-refractivity contribution < 1.29 is 4.79 Å². The quantitative estimate of drug-likeness (QED) is 0.808. The highest BCUT2D eigenvalue weighted by atomic mass is 35.5. The summed E-state index contributed by atoms with van der Waals surface area (Å²) in [6.07, 6.45) is 2.44. The van der Waals surface area contributed by atoms with Gasteiger partial charge in [0.05, 0.1) is 5.69 Å². The van der Waals surface area contributed by atoms with E-state index in [-0.39, 0.29) is 11.4 Å². The molecule has 4 nitrogen and oxygen atoms in total.